The van der Waals surface area contributed by atoms with Crippen LogP contribution < -0.4 is 5.73 Å². The normalized spacial score (nSPS) is 15.5. The van der Waals surface area contributed by atoms with Gasteiger partial charge in [-0.1, -0.05) is 34.9 Å². The molecule has 0 aliphatic carbocycles. The van der Waals surface area contributed by atoms with Gasteiger partial charge in [0.1, 0.15) is 0 Å². The molecular weight excluding hydrogens is 271 g/mol. The molecule has 1 amide bonds. The molecule has 0 saturated carbocycles. The Morgan fingerprint density at radius 2 is 2.11 bits per heavy atom. The highest BCUT2D eigenvalue weighted by Crippen LogP contribution is 2.30. The lowest BCUT2D eigenvalue weighted by Crippen LogP contribution is -2.34. The van der Waals surface area contributed by atoms with Crippen LogP contribution in [0.3, 0.4) is 0 Å². The molecule has 0 radical (unpaired) electrons. The standard InChI is InChI=1S/C13H14Cl2N2O/c1-8-2-4-17(5-3-8)13(18)10-6-9(16)7-11(14)12(10)15/h2,6-7H,3-5,16H2,1H3. The predicted molar refractivity (Wildman–Crippen MR) is 75.2 cm³/mol. The van der Waals surface area contributed by atoms with Crippen LogP contribution in [0, 0.1) is 0 Å². The number of rotatable bonds is 1. The van der Waals surface area contributed by atoms with Gasteiger partial charge < -0.3 is 10.6 Å². The van der Waals surface area contributed by atoms with Gasteiger partial charge in [-0.3, -0.25) is 4.79 Å². The topological polar surface area (TPSA) is 46.3 Å². The number of carbonyl (C=O) groups is 1. The smallest absolute Gasteiger partial charge is 0.255 e. The quantitative estimate of drug-likeness (QED) is 0.635. The molecule has 96 valence electrons. The van der Waals surface area contributed by atoms with Gasteiger partial charge >= 0.3 is 0 Å². The van der Waals surface area contributed by atoms with E-state index in [0.717, 1.165) is 6.42 Å². The molecule has 1 aliphatic heterocycles. The molecular formula is C13H14Cl2N2O. The summed E-state index contributed by atoms with van der Waals surface area (Å²) in [6.07, 6.45) is 2.93. The van der Waals surface area contributed by atoms with Crippen molar-refractivity contribution in [1.29, 1.82) is 0 Å². The van der Waals surface area contributed by atoms with Gasteiger partial charge in [-0.2, -0.15) is 0 Å². The number of nitrogen functional groups attached to an aromatic ring is 1. The van der Waals surface area contributed by atoms with Crippen LogP contribution in [0.2, 0.25) is 10.0 Å². The van der Waals surface area contributed by atoms with Gasteiger partial charge in [-0.05, 0) is 25.5 Å². The zero-order valence-electron chi connectivity index (χ0n) is 10.0. The van der Waals surface area contributed by atoms with Gasteiger partial charge in [0, 0.05) is 18.8 Å². The summed E-state index contributed by atoms with van der Waals surface area (Å²) in [5.74, 6) is -0.127. The van der Waals surface area contributed by atoms with Crippen molar-refractivity contribution in [2.75, 3.05) is 18.8 Å². The molecule has 0 unspecified atom stereocenters. The van der Waals surface area contributed by atoms with E-state index in [1.165, 1.54) is 5.57 Å². The molecule has 1 heterocycles. The van der Waals surface area contributed by atoms with Crippen molar-refractivity contribution in [3.05, 3.63) is 39.4 Å². The van der Waals surface area contributed by atoms with E-state index in [9.17, 15) is 4.79 Å². The highest BCUT2D eigenvalue weighted by atomic mass is 35.5. The highest BCUT2D eigenvalue weighted by Gasteiger charge is 2.21. The van der Waals surface area contributed by atoms with Crippen molar-refractivity contribution in [2.45, 2.75) is 13.3 Å². The van der Waals surface area contributed by atoms with Crippen molar-refractivity contribution in [3.63, 3.8) is 0 Å². The number of amides is 1. The molecule has 2 rings (SSSR count). The Morgan fingerprint density at radius 3 is 2.72 bits per heavy atom. The maximum Gasteiger partial charge on any atom is 0.255 e. The van der Waals surface area contributed by atoms with Crippen LogP contribution in [-0.4, -0.2) is 23.9 Å². The van der Waals surface area contributed by atoms with Gasteiger partial charge in [0.2, 0.25) is 0 Å². The number of nitrogens with two attached hydrogens (primary N) is 1. The third kappa shape index (κ3) is 2.62. The number of benzene rings is 1. The summed E-state index contributed by atoms with van der Waals surface area (Å²) in [6, 6.07) is 3.11. The monoisotopic (exact) mass is 284 g/mol. The van der Waals surface area contributed by atoms with Gasteiger partial charge in [0.05, 0.1) is 15.6 Å². The molecule has 0 bridgehead atoms. The lowest BCUT2D eigenvalue weighted by molar-refractivity contribution is 0.0769. The van der Waals surface area contributed by atoms with Crippen molar-refractivity contribution >= 4 is 34.8 Å². The second-order valence-electron chi connectivity index (χ2n) is 4.42. The number of halogens is 2. The molecule has 5 heteroatoms. The van der Waals surface area contributed by atoms with E-state index >= 15 is 0 Å². The Balaban J connectivity index is 2.29. The second-order valence-corrected chi connectivity index (χ2v) is 5.20. The van der Waals surface area contributed by atoms with E-state index < -0.39 is 0 Å². The number of hydrogen-bond donors (Lipinski definition) is 1. The zero-order chi connectivity index (χ0) is 13.3. The van der Waals surface area contributed by atoms with E-state index in [4.69, 9.17) is 28.9 Å². The van der Waals surface area contributed by atoms with Crippen molar-refractivity contribution in [3.8, 4) is 0 Å². The molecule has 0 fully saturated rings. The van der Waals surface area contributed by atoms with Gasteiger partial charge in [0.25, 0.3) is 5.91 Å². The minimum Gasteiger partial charge on any atom is -0.399 e. The van der Waals surface area contributed by atoms with Crippen LogP contribution in [0.5, 0.6) is 0 Å². The zero-order valence-corrected chi connectivity index (χ0v) is 11.6. The first-order valence-corrected chi connectivity index (χ1v) is 6.44. The molecule has 0 spiro atoms. The van der Waals surface area contributed by atoms with Crippen molar-refractivity contribution < 1.29 is 4.79 Å². The summed E-state index contributed by atoms with van der Waals surface area (Å²) in [4.78, 5) is 14.1. The average molecular weight is 285 g/mol. The summed E-state index contributed by atoms with van der Waals surface area (Å²) >= 11 is 12.0. The Kier molecular flexibility index (Phi) is 3.83. The first kappa shape index (κ1) is 13.2. The van der Waals surface area contributed by atoms with Crippen molar-refractivity contribution in [2.24, 2.45) is 0 Å². The molecule has 0 atom stereocenters. The summed E-state index contributed by atoms with van der Waals surface area (Å²) < 4.78 is 0. The summed E-state index contributed by atoms with van der Waals surface area (Å²) in [5, 5.41) is 0.575. The second kappa shape index (κ2) is 5.21. The minimum absolute atomic E-state index is 0.127. The Morgan fingerprint density at radius 1 is 1.39 bits per heavy atom. The third-order valence-electron chi connectivity index (χ3n) is 3.00. The largest absolute Gasteiger partial charge is 0.399 e. The predicted octanol–water partition coefficient (Wildman–Crippen LogP) is 3.37. The van der Waals surface area contributed by atoms with Crippen molar-refractivity contribution in [1.82, 2.24) is 4.90 Å². The average Bonchev–Trinajstić information content (AvgIpc) is 2.34. The molecule has 18 heavy (non-hydrogen) atoms. The van der Waals surface area contributed by atoms with Gasteiger partial charge in [-0.15, -0.1) is 0 Å². The van der Waals surface area contributed by atoms with E-state index in [0.29, 0.717) is 29.4 Å². The highest BCUT2D eigenvalue weighted by molar-refractivity contribution is 6.44. The Hall–Kier alpha value is -1.19. The molecule has 3 nitrogen and oxygen atoms in total. The van der Waals surface area contributed by atoms with E-state index in [1.54, 1.807) is 17.0 Å². The molecule has 1 aromatic rings. The molecule has 1 aromatic carbocycles. The van der Waals surface area contributed by atoms with Crippen LogP contribution in [0.1, 0.15) is 23.7 Å². The maximum absolute atomic E-state index is 12.3. The molecule has 0 aromatic heterocycles. The first-order valence-electron chi connectivity index (χ1n) is 5.68. The van der Waals surface area contributed by atoms with Crippen LogP contribution in [0.25, 0.3) is 0 Å². The molecule has 0 saturated heterocycles. The fourth-order valence-corrected chi connectivity index (χ4v) is 2.31. The fourth-order valence-electron chi connectivity index (χ4n) is 1.89. The van der Waals surface area contributed by atoms with E-state index in [-0.39, 0.29) is 10.9 Å². The molecule has 1 aliphatic rings. The molecule has 2 N–H and O–H groups in total. The van der Waals surface area contributed by atoms with Crippen LogP contribution in [0.15, 0.2) is 23.8 Å². The number of hydrogen-bond acceptors (Lipinski definition) is 2. The lowest BCUT2D eigenvalue weighted by Gasteiger charge is -2.26. The summed E-state index contributed by atoms with van der Waals surface area (Å²) in [6.45, 7) is 3.36. The van der Waals surface area contributed by atoms with E-state index in [2.05, 4.69) is 6.92 Å². The fraction of sp³-hybridized carbons (Fsp3) is 0.308. The van der Waals surface area contributed by atoms with Gasteiger partial charge in [0.15, 0.2) is 0 Å². The number of anilines is 1. The number of nitrogens with zero attached hydrogens (tertiary/aromatic N) is 1. The number of carbonyl (C=O) groups excluding carboxylic acids is 1. The van der Waals surface area contributed by atoms with E-state index in [1.807, 2.05) is 6.08 Å². The first-order chi connectivity index (χ1) is 8.49. The third-order valence-corrected chi connectivity index (χ3v) is 3.81. The Labute approximate surface area is 116 Å². The Bertz CT molecular complexity index is 526. The minimum atomic E-state index is -0.127. The lowest BCUT2D eigenvalue weighted by atomic mass is 10.1. The van der Waals surface area contributed by atoms with Crippen LogP contribution in [-0.2, 0) is 0 Å². The SMILES string of the molecule is CC1=CCN(C(=O)c2cc(N)cc(Cl)c2Cl)CC1. The van der Waals surface area contributed by atoms with Crippen LogP contribution >= 0.6 is 23.2 Å². The summed E-state index contributed by atoms with van der Waals surface area (Å²) in [5.41, 5.74) is 7.80. The maximum atomic E-state index is 12.3. The van der Waals surface area contributed by atoms with Gasteiger partial charge in [-0.25, -0.2) is 0 Å². The summed E-state index contributed by atoms with van der Waals surface area (Å²) in [7, 11) is 0. The van der Waals surface area contributed by atoms with Crippen LogP contribution in [0.4, 0.5) is 5.69 Å².